The Morgan fingerprint density at radius 1 is 1.32 bits per heavy atom. The number of hydrogen-bond acceptors (Lipinski definition) is 9. The minimum absolute atomic E-state index is 0.109. The third-order valence-electron chi connectivity index (χ3n) is 5.96. The first-order valence-electron chi connectivity index (χ1n) is 12.0. The number of ether oxygens (including phenoxy) is 4. The van der Waals surface area contributed by atoms with Gasteiger partial charge in [0.25, 0.3) is 0 Å². The predicted molar refractivity (Wildman–Crippen MR) is 145 cm³/mol. The molecule has 2 atom stereocenters. The molecular weight excluding hydrogens is 582 g/mol. The van der Waals surface area contributed by atoms with Crippen LogP contribution in [0, 0.1) is 0 Å². The molecule has 1 aliphatic rings. The summed E-state index contributed by atoms with van der Waals surface area (Å²) < 4.78 is 24.6. The summed E-state index contributed by atoms with van der Waals surface area (Å²) in [7, 11) is 3.20. The van der Waals surface area contributed by atoms with Crippen molar-refractivity contribution in [1.82, 2.24) is 19.3 Å². The molecule has 3 heterocycles. The number of aromatic nitrogens is 3. The molecule has 0 aliphatic carbocycles. The predicted octanol–water partition coefficient (Wildman–Crippen LogP) is 4.44. The van der Waals surface area contributed by atoms with Gasteiger partial charge in [-0.05, 0) is 48.8 Å². The van der Waals surface area contributed by atoms with Gasteiger partial charge in [-0.15, -0.1) is 0 Å². The van der Waals surface area contributed by atoms with Crippen LogP contribution in [0.2, 0.25) is 5.15 Å². The van der Waals surface area contributed by atoms with Crippen LogP contribution in [-0.4, -0.2) is 76.1 Å². The topological polar surface area (TPSA) is 120 Å². The van der Waals surface area contributed by atoms with Crippen LogP contribution in [0.25, 0.3) is 5.52 Å². The monoisotopic (exact) mass is 611 g/mol. The van der Waals surface area contributed by atoms with E-state index < -0.39 is 23.8 Å². The Balaban J connectivity index is 1.64. The van der Waals surface area contributed by atoms with Crippen molar-refractivity contribution in [2.24, 2.45) is 0 Å². The Bertz CT molecular complexity index is 1310. The van der Waals surface area contributed by atoms with E-state index in [2.05, 4.69) is 31.2 Å². The van der Waals surface area contributed by atoms with Crippen molar-refractivity contribution in [3.05, 3.63) is 45.5 Å². The highest BCUT2D eigenvalue weighted by Gasteiger charge is 2.37. The number of anilines is 1. The molecule has 1 fully saturated rings. The van der Waals surface area contributed by atoms with Gasteiger partial charge in [-0.25, -0.2) is 14.8 Å². The minimum atomic E-state index is -0.684. The molecule has 11 nitrogen and oxygen atoms in total. The van der Waals surface area contributed by atoms with Crippen LogP contribution in [0.15, 0.2) is 29.0 Å². The molecule has 1 aromatic carbocycles. The van der Waals surface area contributed by atoms with Crippen molar-refractivity contribution in [3.8, 4) is 11.5 Å². The number of methoxy groups -OCH3 is 2. The van der Waals surface area contributed by atoms with Crippen LogP contribution in [0.4, 0.5) is 10.6 Å². The summed E-state index contributed by atoms with van der Waals surface area (Å²) in [5, 5.41) is 13.5. The van der Waals surface area contributed by atoms with Crippen molar-refractivity contribution < 1.29 is 28.8 Å². The molecule has 3 aromatic rings. The number of fused-ring (bicyclic) bond motifs is 1. The highest BCUT2D eigenvalue weighted by Crippen LogP contribution is 2.34. The summed E-state index contributed by atoms with van der Waals surface area (Å²) in [6, 6.07) is 5.04. The summed E-state index contributed by atoms with van der Waals surface area (Å²) >= 11 is 10.1. The molecule has 2 aromatic heterocycles. The number of carbonyl (C=O) groups excluding carboxylic acids is 1. The van der Waals surface area contributed by atoms with Crippen molar-refractivity contribution >= 4 is 45.0 Å². The van der Waals surface area contributed by atoms with Gasteiger partial charge < -0.3 is 29.4 Å². The number of aliphatic hydroxyl groups is 1. The molecule has 0 bridgehead atoms. The van der Waals surface area contributed by atoms with Gasteiger partial charge in [0.15, 0.2) is 5.82 Å². The fourth-order valence-corrected chi connectivity index (χ4v) is 4.90. The molecule has 206 valence electrons. The van der Waals surface area contributed by atoms with Crippen LogP contribution in [-0.2, 0) is 16.0 Å². The van der Waals surface area contributed by atoms with Crippen LogP contribution in [0.1, 0.15) is 38.3 Å². The first-order chi connectivity index (χ1) is 18.1. The van der Waals surface area contributed by atoms with Gasteiger partial charge in [0.1, 0.15) is 44.3 Å². The van der Waals surface area contributed by atoms with Gasteiger partial charge in [-0.1, -0.05) is 11.6 Å². The quantitative estimate of drug-likeness (QED) is 0.399. The summed E-state index contributed by atoms with van der Waals surface area (Å²) in [6.45, 7) is 5.76. The molecule has 1 aliphatic heterocycles. The molecule has 0 saturated carbocycles. The maximum atomic E-state index is 12.9. The molecular formula is C25H31BrClN5O6. The van der Waals surface area contributed by atoms with E-state index in [0.29, 0.717) is 45.0 Å². The van der Waals surface area contributed by atoms with Crippen LogP contribution in [0.3, 0.4) is 0 Å². The van der Waals surface area contributed by atoms with E-state index in [0.717, 1.165) is 5.56 Å². The summed E-state index contributed by atoms with van der Waals surface area (Å²) in [4.78, 5) is 23.5. The number of hydrogen-bond donors (Lipinski definition) is 2. The lowest BCUT2D eigenvalue weighted by Gasteiger charge is -2.38. The van der Waals surface area contributed by atoms with Gasteiger partial charge in [-0.3, -0.25) is 9.30 Å². The molecule has 1 amide bonds. The lowest BCUT2D eigenvalue weighted by Crippen LogP contribution is -2.53. The molecule has 0 radical (unpaired) electrons. The number of rotatable bonds is 7. The van der Waals surface area contributed by atoms with E-state index in [1.165, 1.54) is 11.1 Å². The fraction of sp³-hybridized carbons (Fsp3) is 0.480. The Morgan fingerprint density at radius 3 is 2.74 bits per heavy atom. The summed E-state index contributed by atoms with van der Waals surface area (Å²) in [5.74, 6) is 2.38. The van der Waals surface area contributed by atoms with Gasteiger partial charge in [0.2, 0.25) is 0 Å². The van der Waals surface area contributed by atoms with Crippen molar-refractivity contribution in [2.75, 3.05) is 39.3 Å². The van der Waals surface area contributed by atoms with Crippen molar-refractivity contribution in [3.63, 3.8) is 0 Å². The average molecular weight is 613 g/mol. The standard InChI is InChI=1S/C25H31BrClN5O6/c1-25(2,3)38-24(34)31-11-18(37-13-15(31)12-33)23-30-21(26)20-22(29-10-19(27)32(20)23)28-9-14-6-7-16(35-4)8-17(14)36-5/h6-8,10,15,18,33H,9,11-13H2,1-5H3,(H,28,29)/t15-,18-/m1/s1. The number of halogens is 2. The summed E-state index contributed by atoms with van der Waals surface area (Å²) in [6.07, 6.45) is 0.358. The van der Waals surface area contributed by atoms with Crippen LogP contribution >= 0.6 is 27.5 Å². The van der Waals surface area contributed by atoms with Crippen LogP contribution < -0.4 is 14.8 Å². The van der Waals surface area contributed by atoms with E-state index in [1.807, 2.05) is 18.2 Å². The van der Waals surface area contributed by atoms with E-state index in [9.17, 15) is 9.90 Å². The van der Waals surface area contributed by atoms with Gasteiger partial charge in [0.05, 0.1) is 46.2 Å². The fourth-order valence-electron chi connectivity index (χ4n) is 4.14. The zero-order chi connectivity index (χ0) is 27.6. The molecule has 1 saturated heterocycles. The van der Waals surface area contributed by atoms with Crippen LogP contribution in [0.5, 0.6) is 11.5 Å². The third-order valence-corrected chi connectivity index (χ3v) is 6.78. The number of imidazole rings is 1. The van der Waals surface area contributed by atoms with Gasteiger partial charge in [-0.2, -0.15) is 0 Å². The Morgan fingerprint density at radius 2 is 2.08 bits per heavy atom. The zero-order valence-electron chi connectivity index (χ0n) is 21.8. The smallest absolute Gasteiger partial charge is 0.410 e. The Labute approximate surface area is 234 Å². The van der Waals surface area contributed by atoms with E-state index in [4.69, 9.17) is 30.5 Å². The first kappa shape index (κ1) is 28.2. The number of aliphatic hydroxyl groups excluding tert-OH is 1. The largest absolute Gasteiger partial charge is 0.497 e. The second-order valence-electron chi connectivity index (χ2n) is 9.70. The SMILES string of the molecule is COc1ccc(CNc2ncc(Cl)n3c([C@H]4CN(C(=O)OC(C)(C)C)[C@H](CO)CO4)nc(Br)c23)c(OC)c1. The average Bonchev–Trinajstić information content (AvgIpc) is 3.25. The first-order valence-corrected chi connectivity index (χ1v) is 13.1. The third kappa shape index (κ3) is 5.93. The lowest BCUT2D eigenvalue weighted by molar-refractivity contribution is -0.0845. The second-order valence-corrected chi connectivity index (χ2v) is 10.8. The number of morpholine rings is 1. The second kappa shape index (κ2) is 11.5. The van der Waals surface area contributed by atoms with Gasteiger partial charge >= 0.3 is 6.09 Å². The Hall–Kier alpha value is -2.80. The van der Waals surface area contributed by atoms with E-state index in [-0.39, 0.29) is 19.8 Å². The highest BCUT2D eigenvalue weighted by molar-refractivity contribution is 9.10. The maximum Gasteiger partial charge on any atom is 0.410 e. The molecule has 0 spiro atoms. The summed E-state index contributed by atoms with van der Waals surface area (Å²) in [5.41, 5.74) is 0.824. The molecule has 0 unspecified atom stereocenters. The number of carbonyl (C=O) groups is 1. The molecule has 13 heteroatoms. The van der Waals surface area contributed by atoms with Gasteiger partial charge in [0, 0.05) is 18.2 Å². The Kier molecular flexibility index (Phi) is 8.55. The lowest BCUT2D eigenvalue weighted by atomic mass is 10.1. The number of nitrogens with zero attached hydrogens (tertiary/aromatic N) is 4. The highest BCUT2D eigenvalue weighted by atomic mass is 79.9. The number of nitrogens with one attached hydrogen (secondary N) is 1. The molecule has 38 heavy (non-hydrogen) atoms. The number of benzene rings is 1. The zero-order valence-corrected chi connectivity index (χ0v) is 24.2. The van der Waals surface area contributed by atoms with Crippen molar-refractivity contribution in [1.29, 1.82) is 0 Å². The normalized spacial score (nSPS) is 17.9. The number of amides is 1. The molecule has 2 N–H and O–H groups in total. The van der Waals surface area contributed by atoms with E-state index >= 15 is 0 Å². The maximum absolute atomic E-state index is 12.9. The van der Waals surface area contributed by atoms with E-state index in [1.54, 1.807) is 39.4 Å². The molecule has 4 rings (SSSR count). The minimum Gasteiger partial charge on any atom is -0.497 e. The van der Waals surface area contributed by atoms with Crippen molar-refractivity contribution in [2.45, 2.75) is 45.1 Å².